The van der Waals surface area contributed by atoms with Gasteiger partial charge in [-0.15, -0.1) is 0 Å². The quantitative estimate of drug-likeness (QED) is 0.703. The molecular weight excluding hydrogens is 273 g/mol. The van der Waals surface area contributed by atoms with Crippen LogP contribution in [0.5, 0.6) is 5.75 Å². The molecule has 106 valence electrons. The molecule has 19 heavy (non-hydrogen) atoms. The maximum atomic E-state index is 13.7. The normalized spacial score (nSPS) is 13.9. The Balaban J connectivity index is 2.92. The van der Waals surface area contributed by atoms with Gasteiger partial charge in [-0.05, 0) is 6.07 Å². The summed E-state index contributed by atoms with van der Waals surface area (Å²) in [6.45, 7) is 1.34. The highest BCUT2D eigenvalue weighted by molar-refractivity contribution is 8.13. The van der Waals surface area contributed by atoms with Gasteiger partial charge in [-0.3, -0.25) is 4.79 Å². The Kier molecular flexibility index (Phi) is 5.59. The SMILES string of the molecule is COc1cc(C(O)C(O)CSC(C)=O)c(F)cc1N. The summed E-state index contributed by atoms with van der Waals surface area (Å²) in [5.74, 6) is -0.553. The van der Waals surface area contributed by atoms with Crippen molar-refractivity contribution in [3.8, 4) is 5.75 Å². The largest absolute Gasteiger partial charge is 0.495 e. The highest BCUT2D eigenvalue weighted by atomic mass is 32.2. The summed E-state index contributed by atoms with van der Waals surface area (Å²) in [6, 6.07) is 2.25. The van der Waals surface area contributed by atoms with Crippen molar-refractivity contribution in [3.63, 3.8) is 0 Å². The molecule has 1 rings (SSSR count). The number of benzene rings is 1. The van der Waals surface area contributed by atoms with Crippen LogP contribution in [0.1, 0.15) is 18.6 Å². The number of aliphatic hydroxyl groups is 2. The second kappa shape index (κ2) is 6.74. The number of thioether (sulfide) groups is 1. The van der Waals surface area contributed by atoms with E-state index in [-0.39, 0.29) is 27.9 Å². The van der Waals surface area contributed by atoms with Crippen LogP contribution in [-0.4, -0.2) is 34.3 Å². The van der Waals surface area contributed by atoms with Crippen LogP contribution in [0.15, 0.2) is 12.1 Å². The minimum absolute atomic E-state index is 0.0252. The van der Waals surface area contributed by atoms with E-state index < -0.39 is 18.0 Å². The van der Waals surface area contributed by atoms with Crippen LogP contribution in [0.4, 0.5) is 10.1 Å². The minimum Gasteiger partial charge on any atom is -0.495 e. The summed E-state index contributed by atoms with van der Waals surface area (Å²) in [7, 11) is 1.36. The molecule has 0 heterocycles. The molecule has 1 aromatic rings. The van der Waals surface area contributed by atoms with Crippen LogP contribution in [-0.2, 0) is 4.79 Å². The van der Waals surface area contributed by atoms with Crippen LogP contribution < -0.4 is 10.5 Å². The van der Waals surface area contributed by atoms with Gasteiger partial charge in [-0.2, -0.15) is 0 Å². The molecule has 1 aromatic carbocycles. The molecule has 0 saturated carbocycles. The van der Waals surface area contributed by atoms with Crippen molar-refractivity contribution in [3.05, 3.63) is 23.5 Å². The summed E-state index contributed by atoms with van der Waals surface area (Å²) in [4.78, 5) is 10.8. The van der Waals surface area contributed by atoms with Gasteiger partial charge in [-0.25, -0.2) is 4.39 Å². The van der Waals surface area contributed by atoms with Gasteiger partial charge < -0.3 is 20.7 Å². The average Bonchev–Trinajstić information content (AvgIpc) is 2.35. The minimum atomic E-state index is -1.46. The Hall–Kier alpha value is -1.31. The van der Waals surface area contributed by atoms with Crippen molar-refractivity contribution in [2.75, 3.05) is 18.6 Å². The standard InChI is InChI=1S/C12H16FNO4S/c1-6(15)19-5-10(16)12(17)7-3-11(18-2)9(14)4-8(7)13/h3-4,10,12,16-17H,5,14H2,1-2H3. The molecule has 2 atom stereocenters. The molecule has 0 bridgehead atoms. The first-order valence-corrected chi connectivity index (χ1v) is 6.47. The lowest BCUT2D eigenvalue weighted by Gasteiger charge is -2.19. The van der Waals surface area contributed by atoms with E-state index >= 15 is 0 Å². The lowest BCUT2D eigenvalue weighted by Crippen LogP contribution is -2.22. The van der Waals surface area contributed by atoms with E-state index in [1.54, 1.807) is 0 Å². The number of carbonyl (C=O) groups is 1. The number of halogens is 1. The Morgan fingerprint density at radius 3 is 2.68 bits per heavy atom. The highest BCUT2D eigenvalue weighted by Crippen LogP contribution is 2.30. The first-order valence-electron chi connectivity index (χ1n) is 5.49. The van der Waals surface area contributed by atoms with Gasteiger partial charge in [0.15, 0.2) is 5.12 Å². The Morgan fingerprint density at radius 2 is 2.16 bits per heavy atom. The zero-order valence-electron chi connectivity index (χ0n) is 10.6. The smallest absolute Gasteiger partial charge is 0.185 e. The van der Waals surface area contributed by atoms with Gasteiger partial charge in [-0.1, -0.05) is 11.8 Å². The average molecular weight is 289 g/mol. The van der Waals surface area contributed by atoms with Crippen molar-refractivity contribution in [1.29, 1.82) is 0 Å². The van der Waals surface area contributed by atoms with Crippen molar-refractivity contribution in [2.24, 2.45) is 0 Å². The molecule has 0 radical (unpaired) electrons. The molecule has 0 spiro atoms. The molecule has 4 N–H and O–H groups in total. The summed E-state index contributed by atoms with van der Waals surface area (Å²) in [5.41, 5.74) is 5.50. The molecule has 2 unspecified atom stereocenters. The fourth-order valence-corrected chi connectivity index (χ4v) is 2.08. The number of nitrogen functional groups attached to an aromatic ring is 1. The molecule has 0 aliphatic heterocycles. The lowest BCUT2D eigenvalue weighted by molar-refractivity contribution is -0.109. The number of carbonyl (C=O) groups excluding carboxylic acids is 1. The molecular formula is C12H16FNO4S. The number of aliphatic hydroxyl groups excluding tert-OH is 2. The zero-order chi connectivity index (χ0) is 14.6. The molecule has 0 saturated heterocycles. The number of hydrogen-bond donors (Lipinski definition) is 3. The summed E-state index contributed by atoms with van der Waals surface area (Å²) in [6.07, 6.45) is -2.72. The Bertz CT molecular complexity index is 469. The first kappa shape index (κ1) is 15.7. The van der Waals surface area contributed by atoms with E-state index in [1.807, 2.05) is 0 Å². The van der Waals surface area contributed by atoms with E-state index in [0.717, 1.165) is 17.8 Å². The number of ether oxygens (including phenoxy) is 1. The summed E-state index contributed by atoms with van der Waals surface area (Å²) >= 11 is 0.854. The van der Waals surface area contributed by atoms with Gasteiger partial charge in [0.2, 0.25) is 0 Å². The van der Waals surface area contributed by atoms with Gasteiger partial charge in [0, 0.05) is 24.3 Å². The Morgan fingerprint density at radius 1 is 1.53 bits per heavy atom. The number of nitrogens with two attached hydrogens (primary N) is 1. The molecule has 5 nitrogen and oxygen atoms in total. The molecule has 0 aliphatic carbocycles. The van der Waals surface area contributed by atoms with E-state index in [2.05, 4.69) is 0 Å². The number of anilines is 1. The number of hydrogen-bond acceptors (Lipinski definition) is 6. The lowest BCUT2D eigenvalue weighted by atomic mass is 10.0. The highest BCUT2D eigenvalue weighted by Gasteiger charge is 2.23. The van der Waals surface area contributed by atoms with Crippen LogP contribution in [0, 0.1) is 5.82 Å². The predicted octanol–water partition coefficient (Wildman–Crippen LogP) is 1.09. The third-order valence-corrected chi connectivity index (χ3v) is 3.40. The van der Waals surface area contributed by atoms with Gasteiger partial charge in [0.25, 0.3) is 0 Å². The van der Waals surface area contributed by atoms with E-state index in [4.69, 9.17) is 10.5 Å². The second-order valence-corrected chi connectivity index (χ2v) is 5.13. The molecule has 0 aromatic heterocycles. The molecule has 7 heteroatoms. The van der Waals surface area contributed by atoms with Crippen molar-refractivity contribution >= 4 is 22.6 Å². The second-order valence-electron chi connectivity index (χ2n) is 3.93. The summed E-state index contributed by atoms with van der Waals surface area (Å²) < 4.78 is 18.6. The predicted molar refractivity (Wildman–Crippen MR) is 71.5 cm³/mol. The molecule has 0 fully saturated rings. The maximum absolute atomic E-state index is 13.7. The topological polar surface area (TPSA) is 92.8 Å². The van der Waals surface area contributed by atoms with Crippen molar-refractivity contribution in [2.45, 2.75) is 19.1 Å². The van der Waals surface area contributed by atoms with Gasteiger partial charge >= 0.3 is 0 Å². The Labute approximate surface area is 114 Å². The zero-order valence-corrected chi connectivity index (χ0v) is 11.4. The summed E-state index contributed by atoms with van der Waals surface area (Å²) in [5, 5.41) is 19.4. The van der Waals surface area contributed by atoms with Gasteiger partial charge in [0.05, 0.1) is 18.9 Å². The van der Waals surface area contributed by atoms with Gasteiger partial charge in [0.1, 0.15) is 17.7 Å². The van der Waals surface area contributed by atoms with Crippen LogP contribution in [0.3, 0.4) is 0 Å². The van der Waals surface area contributed by atoms with E-state index in [9.17, 15) is 19.4 Å². The third kappa shape index (κ3) is 4.09. The van der Waals surface area contributed by atoms with Crippen molar-refractivity contribution < 1.29 is 24.1 Å². The fraction of sp³-hybridized carbons (Fsp3) is 0.417. The maximum Gasteiger partial charge on any atom is 0.185 e. The fourth-order valence-electron chi connectivity index (χ4n) is 1.49. The van der Waals surface area contributed by atoms with E-state index in [1.165, 1.54) is 20.1 Å². The number of rotatable bonds is 5. The monoisotopic (exact) mass is 289 g/mol. The van der Waals surface area contributed by atoms with Crippen LogP contribution in [0.2, 0.25) is 0 Å². The third-order valence-electron chi connectivity index (χ3n) is 2.49. The van der Waals surface area contributed by atoms with Crippen LogP contribution in [0.25, 0.3) is 0 Å². The number of methoxy groups -OCH3 is 1. The van der Waals surface area contributed by atoms with Crippen LogP contribution >= 0.6 is 11.8 Å². The van der Waals surface area contributed by atoms with Crippen molar-refractivity contribution in [1.82, 2.24) is 0 Å². The first-order chi connectivity index (χ1) is 8.86. The molecule has 0 aliphatic rings. The molecule has 0 amide bonds. The van der Waals surface area contributed by atoms with E-state index in [0.29, 0.717) is 0 Å².